The van der Waals surface area contributed by atoms with Gasteiger partial charge in [-0.3, -0.25) is 29.4 Å². The number of ether oxygens (including phenoxy) is 1. The van der Waals surface area contributed by atoms with E-state index in [9.17, 15) is 24.3 Å². The molecule has 0 spiro atoms. The zero-order valence-electron chi connectivity index (χ0n) is 27.6. The molecule has 0 radical (unpaired) electrons. The molecular formula is C31H59N3O6. The van der Waals surface area contributed by atoms with E-state index in [1.54, 1.807) is 46.6 Å². The van der Waals surface area contributed by atoms with Crippen molar-refractivity contribution in [2.75, 3.05) is 27.3 Å². The summed E-state index contributed by atoms with van der Waals surface area (Å²) in [6, 6.07) is -0.640. The summed E-state index contributed by atoms with van der Waals surface area (Å²) in [5, 5.41) is 16.0. The summed E-state index contributed by atoms with van der Waals surface area (Å²) in [6.07, 6.45) is 2.39. The average molecular weight is 570 g/mol. The minimum absolute atomic E-state index is 0.0240. The molecule has 0 aromatic carbocycles. The highest BCUT2D eigenvalue weighted by molar-refractivity contribution is 5.96. The molecule has 0 rings (SSSR count). The minimum atomic E-state index is -1.14. The fourth-order valence-electron chi connectivity index (χ4n) is 5.64. The van der Waals surface area contributed by atoms with E-state index in [-0.39, 0.29) is 35.7 Å². The van der Waals surface area contributed by atoms with Crippen LogP contribution in [-0.4, -0.2) is 89.3 Å². The van der Waals surface area contributed by atoms with E-state index in [2.05, 4.69) is 10.6 Å². The summed E-state index contributed by atoms with van der Waals surface area (Å²) in [7, 11) is 3.18. The van der Waals surface area contributed by atoms with Gasteiger partial charge in [0.25, 0.3) is 0 Å². The van der Waals surface area contributed by atoms with Gasteiger partial charge in [-0.25, -0.2) is 0 Å². The standard InChI is InChI=1S/C31H59N3O6/c1-14-17-30(11,24(36)19-34(12)29(9,10)25(37)20-35)31(15-2,16-3)32-23(18-21(4)5)27(39)33-28(7,8)26(38)22(6)40-13/h21-23,32,35H,14-20H2,1-13H3,(H,33,39). The molecule has 1 amide bonds. The number of aliphatic hydroxyl groups excluding tert-OH is 1. The quantitative estimate of drug-likeness (QED) is 0.203. The largest absolute Gasteiger partial charge is 0.389 e. The van der Waals surface area contributed by atoms with Gasteiger partial charge >= 0.3 is 0 Å². The number of Topliss-reactive ketones (excluding diaryl/α,β-unsaturated/α-hetero) is 3. The molecule has 0 saturated heterocycles. The minimum Gasteiger partial charge on any atom is -0.389 e. The molecule has 0 aliphatic rings. The van der Waals surface area contributed by atoms with E-state index in [1.807, 2.05) is 41.5 Å². The normalized spacial score (nSPS) is 16.0. The highest BCUT2D eigenvalue weighted by atomic mass is 16.5. The Hall–Kier alpha value is -1.68. The number of aliphatic hydroxyl groups is 1. The van der Waals surface area contributed by atoms with Crippen LogP contribution in [0.4, 0.5) is 0 Å². The zero-order valence-corrected chi connectivity index (χ0v) is 27.6. The van der Waals surface area contributed by atoms with Gasteiger partial charge < -0.3 is 15.2 Å². The third kappa shape index (κ3) is 8.91. The molecule has 0 aliphatic heterocycles. The van der Waals surface area contributed by atoms with Crippen molar-refractivity contribution in [3.8, 4) is 0 Å². The van der Waals surface area contributed by atoms with Gasteiger partial charge in [0.05, 0.1) is 23.7 Å². The van der Waals surface area contributed by atoms with E-state index in [0.717, 1.165) is 6.42 Å². The number of amides is 1. The van der Waals surface area contributed by atoms with Crippen molar-refractivity contribution < 1.29 is 29.0 Å². The highest BCUT2D eigenvalue weighted by Crippen LogP contribution is 2.43. The fourth-order valence-corrected chi connectivity index (χ4v) is 5.64. The fraction of sp³-hybridized carbons (Fsp3) is 0.871. The van der Waals surface area contributed by atoms with Gasteiger partial charge in [0.2, 0.25) is 5.91 Å². The lowest BCUT2D eigenvalue weighted by molar-refractivity contribution is -0.141. The Kier molecular flexibility index (Phi) is 14.9. The van der Waals surface area contributed by atoms with Gasteiger partial charge in [-0.2, -0.15) is 0 Å². The molecule has 0 fully saturated rings. The van der Waals surface area contributed by atoms with Crippen LogP contribution in [0.2, 0.25) is 0 Å². The van der Waals surface area contributed by atoms with Crippen molar-refractivity contribution in [3.05, 3.63) is 0 Å². The molecule has 0 heterocycles. The Morgan fingerprint density at radius 3 is 1.85 bits per heavy atom. The van der Waals surface area contributed by atoms with Crippen LogP contribution in [-0.2, 0) is 23.9 Å². The van der Waals surface area contributed by atoms with Gasteiger partial charge in [0.1, 0.15) is 12.7 Å². The number of ketones is 3. The Balaban J connectivity index is 6.53. The van der Waals surface area contributed by atoms with E-state index >= 15 is 0 Å². The van der Waals surface area contributed by atoms with E-state index in [1.165, 1.54) is 7.11 Å². The van der Waals surface area contributed by atoms with Gasteiger partial charge in [-0.05, 0) is 73.3 Å². The average Bonchev–Trinajstić information content (AvgIpc) is 2.88. The van der Waals surface area contributed by atoms with Gasteiger partial charge in [-0.15, -0.1) is 0 Å². The van der Waals surface area contributed by atoms with Crippen molar-refractivity contribution in [1.29, 1.82) is 0 Å². The van der Waals surface area contributed by atoms with Gasteiger partial charge in [-0.1, -0.05) is 48.0 Å². The van der Waals surface area contributed by atoms with Crippen LogP contribution >= 0.6 is 0 Å². The third-order valence-corrected chi connectivity index (χ3v) is 9.04. The molecule has 3 atom stereocenters. The van der Waals surface area contributed by atoms with Crippen molar-refractivity contribution in [3.63, 3.8) is 0 Å². The Bertz CT molecular complexity index is 865. The SMILES string of the molecule is CCCC(C)(C(=O)CN(C)C(C)(C)C(=O)CO)C(CC)(CC)NC(CC(C)C)C(=O)NC(C)(C)C(=O)C(C)OC. The molecule has 0 aromatic rings. The number of rotatable bonds is 20. The van der Waals surface area contributed by atoms with Crippen LogP contribution in [0, 0.1) is 11.3 Å². The lowest BCUT2D eigenvalue weighted by Gasteiger charge is -2.51. The number of likely N-dealkylation sites (N-methyl/N-ethyl adjacent to an activating group) is 1. The molecular weight excluding hydrogens is 510 g/mol. The van der Waals surface area contributed by atoms with Crippen LogP contribution in [0.25, 0.3) is 0 Å². The summed E-state index contributed by atoms with van der Waals surface area (Å²) in [6.45, 7) is 20.0. The third-order valence-electron chi connectivity index (χ3n) is 9.04. The molecule has 9 nitrogen and oxygen atoms in total. The second kappa shape index (κ2) is 15.5. The Morgan fingerprint density at radius 1 is 0.925 bits per heavy atom. The van der Waals surface area contributed by atoms with Crippen molar-refractivity contribution in [2.24, 2.45) is 11.3 Å². The van der Waals surface area contributed by atoms with Crippen LogP contribution in [0.15, 0.2) is 0 Å². The Labute approximate surface area is 243 Å². The topological polar surface area (TPSA) is 125 Å². The first-order valence-corrected chi connectivity index (χ1v) is 14.8. The molecule has 0 bridgehead atoms. The van der Waals surface area contributed by atoms with E-state index in [4.69, 9.17) is 4.74 Å². The number of nitrogens with zero attached hydrogens (tertiary/aromatic N) is 1. The first-order chi connectivity index (χ1) is 18.3. The predicted molar refractivity (Wildman–Crippen MR) is 160 cm³/mol. The zero-order chi connectivity index (χ0) is 31.7. The summed E-state index contributed by atoms with van der Waals surface area (Å²) in [4.78, 5) is 54.9. The maximum atomic E-state index is 14.2. The molecule has 9 heteroatoms. The molecule has 234 valence electrons. The molecule has 40 heavy (non-hydrogen) atoms. The van der Waals surface area contributed by atoms with Crippen LogP contribution < -0.4 is 10.6 Å². The molecule has 3 unspecified atom stereocenters. The van der Waals surface area contributed by atoms with E-state index in [0.29, 0.717) is 25.7 Å². The molecule has 0 aromatic heterocycles. The maximum absolute atomic E-state index is 14.2. The van der Waals surface area contributed by atoms with Crippen LogP contribution in [0.5, 0.6) is 0 Å². The van der Waals surface area contributed by atoms with Crippen molar-refractivity contribution in [2.45, 2.75) is 137 Å². The number of carbonyl (C=O) groups is 4. The first-order valence-electron chi connectivity index (χ1n) is 14.8. The molecule has 3 N–H and O–H groups in total. The van der Waals surface area contributed by atoms with Crippen molar-refractivity contribution >= 4 is 23.3 Å². The highest BCUT2D eigenvalue weighted by Gasteiger charge is 2.52. The summed E-state index contributed by atoms with van der Waals surface area (Å²) >= 11 is 0. The lowest BCUT2D eigenvalue weighted by Crippen LogP contribution is -2.67. The molecule has 0 saturated carbocycles. The maximum Gasteiger partial charge on any atom is 0.237 e. The second-order valence-electron chi connectivity index (χ2n) is 13.0. The first kappa shape index (κ1) is 38.3. The van der Waals surface area contributed by atoms with Gasteiger partial charge in [0, 0.05) is 18.1 Å². The number of hydrogen-bond acceptors (Lipinski definition) is 8. The number of hydrogen-bond donors (Lipinski definition) is 3. The van der Waals surface area contributed by atoms with E-state index < -0.39 is 40.8 Å². The number of methoxy groups -OCH3 is 1. The van der Waals surface area contributed by atoms with Crippen LogP contribution in [0.3, 0.4) is 0 Å². The number of carbonyl (C=O) groups excluding carboxylic acids is 4. The Morgan fingerprint density at radius 2 is 1.45 bits per heavy atom. The van der Waals surface area contributed by atoms with Crippen LogP contribution in [0.1, 0.15) is 108 Å². The summed E-state index contributed by atoms with van der Waals surface area (Å²) in [5.41, 5.74) is -3.73. The smallest absolute Gasteiger partial charge is 0.237 e. The summed E-state index contributed by atoms with van der Waals surface area (Å²) < 4.78 is 5.20. The summed E-state index contributed by atoms with van der Waals surface area (Å²) in [5.74, 6) is -0.724. The number of nitrogens with one attached hydrogen (secondary N) is 2. The predicted octanol–water partition coefficient (Wildman–Crippen LogP) is 3.70. The second-order valence-corrected chi connectivity index (χ2v) is 13.0. The molecule has 0 aliphatic carbocycles. The lowest BCUT2D eigenvalue weighted by atomic mass is 9.62. The van der Waals surface area contributed by atoms with Gasteiger partial charge in [0.15, 0.2) is 17.3 Å². The van der Waals surface area contributed by atoms with Crippen molar-refractivity contribution in [1.82, 2.24) is 15.5 Å². The monoisotopic (exact) mass is 569 g/mol.